The van der Waals surface area contributed by atoms with Crippen molar-refractivity contribution >= 4 is 35.2 Å². The van der Waals surface area contributed by atoms with Gasteiger partial charge in [0.05, 0.1) is 6.20 Å². The van der Waals surface area contributed by atoms with Crippen molar-refractivity contribution in [2.45, 2.75) is 6.61 Å². The molecule has 7 nitrogen and oxygen atoms in total. The number of hydrogen-bond acceptors (Lipinski definition) is 5. The van der Waals surface area contributed by atoms with Gasteiger partial charge in [-0.1, -0.05) is 23.2 Å². The number of hydrogen-bond donors (Lipinski definition) is 1. The number of carbonyl (C=O) groups is 2. The summed E-state index contributed by atoms with van der Waals surface area (Å²) in [4.78, 5) is 32.4. The molecule has 0 radical (unpaired) electrons. The molecule has 2 fully saturated rings. The molecular formula is C20H19Cl2N3O4. The Morgan fingerprint density at radius 1 is 1.03 bits per heavy atom. The molecule has 1 N–H and O–H groups in total. The molecule has 2 atom stereocenters. The van der Waals surface area contributed by atoms with Gasteiger partial charge in [0, 0.05) is 48.1 Å². The van der Waals surface area contributed by atoms with Gasteiger partial charge in [0.1, 0.15) is 18.1 Å². The van der Waals surface area contributed by atoms with Gasteiger partial charge in [0.25, 0.3) is 5.91 Å². The van der Waals surface area contributed by atoms with Gasteiger partial charge in [-0.25, -0.2) is 9.78 Å². The van der Waals surface area contributed by atoms with Gasteiger partial charge in [-0.15, -0.1) is 0 Å². The number of aromatic hydroxyl groups is 1. The number of halogens is 2. The lowest BCUT2D eigenvalue weighted by molar-refractivity contribution is 0.0759. The van der Waals surface area contributed by atoms with Crippen LogP contribution in [0.3, 0.4) is 0 Å². The Labute approximate surface area is 177 Å². The average molecular weight is 436 g/mol. The predicted octanol–water partition coefficient (Wildman–Crippen LogP) is 3.43. The molecule has 0 bridgehead atoms. The smallest absolute Gasteiger partial charge is 0.410 e. The van der Waals surface area contributed by atoms with Crippen LogP contribution in [-0.4, -0.2) is 58.1 Å². The van der Waals surface area contributed by atoms with Crippen LogP contribution in [0, 0.1) is 11.8 Å². The van der Waals surface area contributed by atoms with E-state index in [4.69, 9.17) is 27.9 Å². The Balaban J connectivity index is 1.30. The third-order valence-corrected chi connectivity index (χ3v) is 5.72. The maximum Gasteiger partial charge on any atom is 0.410 e. The summed E-state index contributed by atoms with van der Waals surface area (Å²) in [5.74, 6) is 0.286. The van der Waals surface area contributed by atoms with E-state index < -0.39 is 0 Å². The Morgan fingerprint density at radius 3 is 2.24 bits per heavy atom. The first-order valence-corrected chi connectivity index (χ1v) is 9.95. The van der Waals surface area contributed by atoms with Crippen LogP contribution < -0.4 is 0 Å². The quantitative estimate of drug-likeness (QED) is 0.797. The zero-order valence-corrected chi connectivity index (χ0v) is 16.9. The second-order valence-electron chi connectivity index (χ2n) is 7.37. The largest absolute Gasteiger partial charge is 0.506 e. The molecular weight excluding hydrogens is 417 g/mol. The van der Waals surface area contributed by atoms with Crippen LogP contribution in [0.15, 0.2) is 36.5 Å². The predicted molar refractivity (Wildman–Crippen MR) is 107 cm³/mol. The van der Waals surface area contributed by atoms with E-state index >= 15 is 0 Å². The first-order valence-electron chi connectivity index (χ1n) is 9.20. The number of aromatic nitrogens is 1. The fourth-order valence-corrected chi connectivity index (χ4v) is 4.48. The minimum atomic E-state index is -0.381. The fraction of sp³-hybridized carbons (Fsp3) is 0.350. The molecule has 2 aromatic rings. The molecule has 1 aromatic heterocycles. The van der Waals surface area contributed by atoms with E-state index in [2.05, 4.69) is 4.98 Å². The second-order valence-corrected chi connectivity index (χ2v) is 8.24. The molecule has 3 heterocycles. The van der Waals surface area contributed by atoms with E-state index in [-0.39, 0.29) is 36.2 Å². The average Bonchev–Trinajstić information content (AvgIpc) is 3.25. The van der Waals surface area contributed by atoms with Crippen LogP contribution in [0.4, 0.5) is 4.79 Å². The molecule has 2 saturated heterocycles. The van der Waals surface area contributed by atoms with Gasteiger partial charge in [-0.2, -0.15) is 0 Å². The van der Waals surface area contributed by atoms with Crippen molar-refractivity contribution in [2.24, 2.45) is 11.8 Å². The molecule has 0 spiro atoms. The minimum Gasteiger partial charge on any atom is -0.506 e. The number of ether oxygens (including phenoxy) is 1. The highest BCUT2D eigenvalue weighted by Gasteiger charge is 2.43. The number of carbonyl (C=O) groups excluding carboxylic acids is 2. The maximum absolute atomic E-state index is 12.6. The zero-order chi connectivity index (χ0) is 20.5. The van der Waals surface area contributed by atoms with Crippen LogP contribution >= 0.6 is 23.2 Å². The third kappa shape index (κ3) is 4.41. The van der Waals surface area contributed by atoms with Crippen LogP contribution in [-0.2, 0) is 11.3 Å². The van der Waals surface area contributed by atoms with Crippen molar-refractivity contribution in [3.8, 4) is 5.75 Å². The maximum atomic E-state index is 12.6. The summed E-state index contributed by atoms with van der Waals surface area (Å²) in [6, 6.07) is 8.00. The summed E-state index contributed by atoms with van der Waals surface area (Å²) in [5, 5.41) is 10.3. The lowest BCUT2D eigenvalue weighted by Gasteiger charge is -2.21. The van der Waals surface area contributed by atoms with Crippen LogP contribution in [0.2, 0.25) is 10.0 Å². The van der Waals surface area contributed by atoms with Gasteiger partial charge >= 0.3 is 6.09 Å². The molecule has 0 unspecified atom stereocenters. The molecule has 0 saturated carbocycles. The van der Waals surface area contributed by atoms with Crippen molar-refractivity contribution in [3.63, 3.8) is 0 Å². The summed E-state index contributed by atoms with van der Waals surface area (Å²) in [6.45, 7) is 2.33. The SMILES string of the molecule is O=C(OCc1cc(Cl)cc(Cl)c1)N1C[C@@H]2CN(C(=O)c3ccc(O)cn3)C[C@@H]2C1. The number of rotatable bonds is 3. The van der Waals surface area contributed by atoms with Crippen molar-refractivity contribution in [2.75, 3.05) is 26.2 Å². The molecule has 1 aromatic carbocycles. The Kier molecular flexibility index (Phi) is 5.52. The lowest BCUT2D eigenvalue weighted by Crippen LogP contribution is -2.36. The lowest BCUT2D eigenvalue weighted by atomic mass is 10.0. The number of nitrogens with zero attached hydrogens (tertiary/aromatic N) is 3. The van der Waals surface area contributed by atoms with E-state index in [0.29, 0.717) is 41.9 Å². The van der Waals surface area contributed by atoms with Crippen LogP contribution in [0.1, 0.15) is 16.1 Å². The van der Waals surface area contributed by atoms with E-state index in [0.717, 1.165) is 5.56 Å². The monoisotopic (exact) mass is 435 g/mol. The highest BCUT2D eigenvalue weighted by Crippen LogP contribution is 2.32. The second kappa shape index (κ2) is 8.08. The first-order chi connectivity index (χ1) is 13.9. The number of fused-ring (bicyclic) bond motifs is 1. The molecule has 2 aliphatic rings. The third-order valence-electron chi connectivity index (χ3n) is 5.28. The van der Waals surface area contributed by atoms with Crippen LogP contribution in [0.25, 0.3) is 0 Å². The number of amides is 2. The summed E-state index contributed by atoms with van der Waals surface area (Å²) >= 11 is 11.9. The standard InChI is InChI=1S/C20H19Cl2N3O4/c21-15-3-12(4-16(22)5-15)11-29-20(28)25-9-13-7-24(8-14(13)10-25)19(27)18-2-1-17(26)6-23-18/h1-6,13-14,26H,7-11H2/t13-,14+. The van der Waals surface area contributed by atoms with Crippen LogP contribution in [0.5, 0.6) is 5.75 Å². The number of pyridine rings is 1. The zero-order valence-electron chi connectivity index (χ0n) is 15.4. The summed E-state index contributed by atoms with van der Waals surface area (Å²) in [7, 11) is 0. The molecule has 2 aliphatic heterocycles. The highest BCUT2D eigenvalue weighted by molar-refractivity contribution is 6.34. The normalized spacial score (nSPS) is 20.6. The number of likely N-dealkylation sites (tertiary alicyclic amines) is 2. The van der Waals surface area contributed by atoms with Gasteiger partial charge < -0.3 is 19.6 Å². The molecule has 29 heavy (non-hydrogen) atoms. The Morgan fingerprint density at radius 2 is 1.66 bits per heavy atom. The minimum absolute atomic E-state index is 0.0223. The van der Waals surface area contributed by atoms with Crippen molar-refractivity contribution in [3.05, 3.63) is 57.8 Å². The Bertz CT molecular complexity index is 904. The first kappa shape index (κ1) is 19.8. The van der Waals surface area contributed by atoms with E-state index in [1.165, 1.54) is 18.3 Å². The van der Waals surface area contributed by atoms with Gasteiger partial charge in [-0.05, 0) is 35.9 Å². The van der Waals surface area contributed by atoms with Gasteiger partial charge in [-0.3, -0.25) is 4.79 Å². The fourth-order valence-electron chi connectivity index (χ4n) is 3.91. The van der Waals surface area contributed by atoms with Gasteiger partial charge in [0.2, 0.25) is 0 Å². The van der Waals surface area contributed by atoms with Crippen molar-refractivity contribution in [1.29, 1.82) is 0 Å². The van der Waals surface area contributed by atoms with Crippen molar-refractivity contribution < 1.29 is 19.4 Å². The summed E-state index contributed by atoms with van der Waals surface area (Å²) < 4.78 is 5.40. The summed E-state index contributed by atoms with van der Waals surface area (Å²) in [6.07, 6.45) is 0.878. The van der Waals surface area contributed by atoms with E-state index in [9.17, 15) is 14.7 Å². The van der Waals surface area contributed by atoms with Crippen molar-refractivity contribution in [1.82, 2.24) is 14.8 Å². The topological polar surface area (TPSA) is 83.0 Å². The highest BCUT2D eigenvalue weighted by atomic mass is 35.5. The molecule has 9 heteroatoms. The molecule has 2 amide bonds. The molecule has 0 aliphatic carbocycles. The Hall–Kier alpha value is -2.51. The molecule has 152 valence electrons. The van der Waals surface area contributed by atoms with E-state index in [1.54, 1.807) is 28.0 Å². The summed E-state index contributed by atoms with van der Waals surface area (Å²) in [5.41, 5.74) is 1.03. The molecule has 4 rings (SSSR count). The van der Waals surface area contributed by atoms with Gasteiger partial charge in [0.15, 0.2) is 0 Å². The number of benzene rings is 1. The van der Waals surface area contributed by atoms with E-state index in [1.807, 2.05) is 0 Å².